The Hall–Kier alpha value is -1.42. The lowest BCUT2D eigenvalue weighted by atomic mass is 10.2. The number of quaternary nitrogens is 1. The number of rotatable bonds is 4. The third kappa shape index (κ3) is 2.88. The van der Waals surface area contributed by atoms with Crippen molar-refractivity contribution >= 4 is 17.1 Å². The summed E-state index contributed by atoms with van der Waals surface area (Å²) in [5, 5.41) is 0. The predicted octanol–water partition coefficient (Wildman–Crippen LogP) is 1.53. The summed E-state index contributed by atoms with van der Waals surface area (Å²) in [5.41, 5.74) is 14.3. The van der Waals surface area contributed by atoms with Gasteiger partial charge in [0.2, 0.25) is 0 Å². The van der Waals surface area contributed by atoms with Crippen molar-refractivity contribution in [2.75, 3.05) is 56.6 Å². The molecule has 0 atom stereocenters. The fraction of sp³-hybridized carbons (Fsp3) is 0.571. The van der Waals surface area contributed by atoms with Crippen LogP contribution in [0.4, 0.5) is 17.1 Å². The summed E-state index contributed by atoms with van der Waals surface area (Å²) in [6.07, 6.45) is 2.73. The van der Waals surface area contributed by atoms with Crippen LogP contribution < -0.4 is 16.4 Å². The van der Waals surface area contributed by atoms with Gasteiger partial charge in [-0.05, 0) is 18.2 Å². The molecule has 1 aromatic carbocycles. The van der Waals surface area contributed by atoms with Crippen LogP contribution in [-0.2, 0) is 0 Å². The molecule has 1 saturated heterocycles. The lowest BCUT2D eigenvalue weighted by Gasteiger charge is -2.32. The highest BCUT2D eigenvalue weighted by Gasteiger charge is 2.26. The highest BCUT2D eigenvalue weighted by atomic mass is 15.4. The predicted molar refractivity (Wildman–Crippen MR) is 78.6 cm³/mol. The van der Waals surface area contributed by atoms with Crippen molar-refractivity contribution in [2.24, 2.45) is 0 Å². The Morgan fingerprint density at radius 1 is 1.22 bits per heavy atom. The minimum atomic E-state index is 0.725. The standard InChI is InChI=1S/C14H25N4/c1-17(7-10-18(2)8-3-4-9-18)14-6-5-12(15)11-13(14)16/h5-6,11H,3-4,7-10,15-16H2,1-2H3/q+1. The van der Waals surface area contributed by atoms with Gasteiger partial charge in [-0.1, -0.05) is 0 Å². The molecule has 0 unspecified atom stereocenters. The first kappa shape index (κ1) is 13.0. The molecule has 100 valence electrons. The van der Waals surface area contributed by atoms with Crippen LogP contribution in [0.3, 0.4) is 0 Å². The second-order valence-electron chi connectivity index (χ2n) is 5.74. The molecule has 1 fully saturated rings. The van der Waals surface area contributed by atoms with Crippen LogP contribution in [0.1, 0.15) is 12.8 Å². The molecular formula is C14H25N4+. The largest absolute Gasteiger partial charge is 0.399 e. The van der Waals surface area contributed by atoms with E-state index >= 15 is 0 Å². The van der Waals surface area contributed by atoms with E-state index in [1.807, 2.05) is 18.2 Å². The quantitative estimate of drug-likeness (QED) is 0.628. The molecule has 2 rings (SSSR count). The van der Waals surface area contributed by atoms with Gasteiger partial charge < -0.3 is 20.9 Å². The third-order valence-corrected chi connectivity index (χ3v) is 4.08. The van der Waals surface area contributed by atoms with E-state index in [1.165, 1.54) is 37.0 Å². The molecule has 1 aromatic rings. The molecule has 4 N–H and O–H groups in total. The molecule has 0 spiro atoms. The van der Waals surface area contributed by atoms with Crippen LogP contribution in [0.2, 0.25) is 0 Å². The average Bonchev–Trinajstić information content (AvgIpc) is 2.74. The molecule has 1 aliphatic rings. The Morgan fingerprint density at radius 3 is 2.50 bits per heavy atom. The van der Waals surface area contributed by atoms with Gasteiger partial charge in [0.1, 0.15) is 0 Å². The zero-order valence-corrected chi connectivity index (χ0v) is 11.5. The van der Waals surface area contributed by atoms with Gasteiger partial charge in [-0.25, -0.2) is 0 Å². The van der Waals surface area contributed by atoms with Gasteiger partial charge in [-0.3, -0.25) is 0 Å². The highest BCUT2D eigenvalue weighted by molar-refractivity contribution is 5.71. The van der Waals surface area contributed by atoms with Gasteiger partial charge in [-0.2, -0.15) is 0 Å². The lowest BCUT2D eigenvalue weighted by Crippen LogP contribution is -2.45. The summed E-state index contributed by atoms with van der Waals surface area (Å²) in [6.45, 7) is 4.83. The van der Waals surface area contributed by atoms with E-state index in [0.29, 0.717) is 0 Å². The number of hydrogen-bond acceptors (Lipinski definition) is 3. The van der Waals surface area contributed by atoms with Crippen molar-refractivity contribution in [3.63, 3.8) is 0 Å². The molecule has 4 heteroatoms. The Morgan fingerprint density at radius 2 is 1.89 bits per heavy atom. The summed E-state index contributed by atoms with van der Waals surface area (Å²) < 4.78 is 1.19. The van der Waals surface area contributed by atoms with Crippen molar-refractivity contribution in [1.82, 2.24) is 0 Å². The number of likely N-dealkylation sites (tertiary alicyclic amines) is 1. The van der Waals surface area contributed by atoms with Crippen molar-refractivity contribution in [3.05, 3.63) is 18.2 Å². The van der Waals surface area contributed by atoms with Crippen LogP contribution in [0.5, 0.6) is 0 Å². The second kappa shape index (κ2) is 5.06. The number of likely N-dealkylation sites (N-methyl/N-ethyl adjacent to an activating group) is 2. The number of anilines is 3. The van der Waals surface area contributed by atoms with Crippen molar-refractivity contribution < 1.29 is 4.48 Å². The van der Waals surface area contributed by atoms with Gasteiger partial charge in [0.05, 0.1) is 44.6 Å². The van der Waals surface area contributed by atoms with Crippen LogP contribution in [-0.4, -0.2) is 44.8 Å². The topological polar surface area (TPSA) is 55.3 Å². The van der Waals surface area contributed by atoms with E-state index in [-0.39, 0.29) is 0 Å². The third-order valence-electron chi connectivity index (χ3n) is 4.08. The van der Waals surface area contributed by atoms with E-state index in [0.717, 1.165) is 23.6 Å². The normalized spacial score (nSPS) is 17.9. The minimum absolute atomic E-state index is 0.725. The molecule has 18 heavy (non-hydrogen) atoms. The molecular weight excluding hydrogens is 224 g/mol. The maximum atomic E-state index is 6.01. The molecule has 4 nitrogen and oxygen atoms in total. The lowest BCUT2D eigenvalue weighted by molar-refractivity contribution is -0.896. The minimum Gasteiger partial charge on any atom is -0.399 e. The van der Waals surface area contributed by atoms with Gasteiger partial charge in [0, 0.05) is 25.6 Å². The van der Waals surface area contributed by atoms with Crippen LogP contribution in [0, 0.1) is 0 Å². The Balaban J connectivity index is 1.97. The first-order chi connectivity index (χ1) is 8.50. The van der Waals surface area contributed by atoms with Crippen LogP contribution in [0.25, 0.3) is 0 Å². The fourth-order valence-corrected chi connectivity index (χ4v) is 2.75. The van der Waals surface area contributed by atoms with E-state index < -0.39 is 0 Å². The Labute approximate surface area is 110 Å². The molecule has 0 saturated carbocycles. The van der Waals surface area contributed by atoms with E-state index in [4.69, 9.17) is 11.5 Å². The van der Waals surface area contributed by atoms with Crippen molar-refractivity contribution in [2.45, 2.75) is 12.8 Å². The second-order valence-corrected chi connectivity index (χ2v) is 5.74. The summed E-state index contributed by atoms with van der Waals surface area (Å²) in [7, 11) is 4.46. The molecule has 1 heterocycles. The number of nitrogen functional groups attached to an aromatic ring is 2. The fourth-order valence-electron chi connectivity index (χ4n) is 2.75. The van der Waals surface area contributed by atoms with Crippen LogP contribution in [0.15, 0.2) is 18.2 Å². The molecule has 0 bridgehead atoms. The molecule has 0 aromatic heterocycles. The number of nitrogens with zero attached hydrogens (tertiary/aromatic N) is 2. The first-order valence-corrected chi connectivity index (χ1v) is 6.70. The number of hydrogen-bond donors (Lipinski definition) is 2. The molecule has 0 amide bonds. The SMILES string of the molecule is CN(CC[N+]1(C)CCCC1)c1ccc(N)cc1N. The van der Waals surface area contributed by atoms with E-state index in [2.05, 4.69) is 19.0 Å². The van der Waals surface area contributed by atoms with Gasteiger partial charge >= 0.3 is 0 Å². The van der Waals surface area contributed by atoms with Gasteiger partial charge in [-0.15, -0.1) is 0 Å². The zero-order valence-electron chi connectivity index (χ0n) is 11.5. The molecule has 0 radical (unpaired) electrons. The molecule has 0 aliphatic carbocycles. The Kier molecular flexibility index (Phi) is 3.66. The summed E-state index contributed by atoms with van der Waals surface area (Å²) in [5.74, 6) is 0. The summed E-state index contributed by atoms with van der Waals surface area (Å²) in [4.78, 5) is 2.23. The van der Waals surface area contributed by atoms with Gasteiger partial charge in [0.15, 0.2) is 0 Å². The van der Waals surface area contributed by atoms with E-state index in [9.17, 15) is 0 Å². The number of nitrogens with two attached hydrogens (primary N) is 2. The van der Waals surface area contributed by atoms with E-state index in [1.54, 1.807) is 0 Å². The Bertz CT molecular complexity index is 410. The van der Waals surface area contributed by atoms with Gasteiger partial charge in [0.25, 0.3) is 0 Å². The van der Waals surface area contributed by atoms with Crippen molar-refractivity contribution in [1.29, 1.82) is 0 Å². The highest BCUT2D eigenvalue weighted by Crippen LogP contribution is 2.25. The average molecular weight is 249 g/mol. The molecule has 1 aliphatic heterocycles. The summed E-state index contributed by atoms with van der Waals surface area (Å²) >= 11 is 0. The zero-order chi connectivity index (χ0) is 13.2. The number of benzene rings is 1. The summed E-state index contributed by atoms with van der Waals surface area (Å²) in [6, 6.07) is 5.75. The monoisotopic (exact) mass is 249 g/mol. The maximum Gasteiger partial charge on any atom is 0.0962 e. The smallest absolute Gasteiger partial charge is 0.0962 e. The first-order valence-electron chi connectivity index (χ1n) is 6.70. The van der Waals surface area contributed by atoms with Crippen LogP contribution >= 0.6 is 0 Å². The maximum absolute atomic E-state index is 6.01. The van der Waals surface area contributed by atoms with Crippen molar-refractivity contribution in [3.8, 4) is 0 Å².